The van der Waals surface area contributed by atoms with E-state index >= 15 is 0 Å². The van der Waals surface area contributed by atoms with Crippen molar-refractivity contribution in [3.8, 4) is 0 Å². The molecule has 1 aliphatic heterocycles. The molecule has 0 atom stereocenters. The van der Waals surface area contributed by atoms with Gasteiger partial charge < -0.3 is 15.7 Å². The van der Waals surface area contributed by atoms with Crippen LogP contribution in [0.5, 0.6) is 0 Å². The first kappa shape index (κ1) is 14.8. The van der Waals surface area contributed by atoms with E-state index in [-0.39, 0.29) is 17.9 Å². The van der Waals surface area contributed by atoms with Gasteiger partial charge in [0.05, 0.1) is 5.75 Å². The van der Waals surface area contributed by atoms with Crippen LogP contribution >= 0.6 is 11.8 Å². The Bertz CT molecular complexity index is 241. The number of hydrogen-bond donors (Lipinski definition) is 3. The molecule has 0 saturated carbocycles. The van der Waals surface area contributed by atoms with E-state index in [1.165, 1.54) is 0 Å². The number of nitrogens with one attached hydrogen (secondary N) is 2. The fraction of sp³-hybridized carbons (Fsp3) is 0.917. The van der Waals surface area contributed by atoms with Gasteiger partial charge in [-0.05, 0) is 25.9 Å². The second-order valence-electron chi connectivity index (χ2n) is 5.36. The van der Waals surface area contributed by atoms with Crippen LogP contribution in [0.1, 0.15) is 26.7 Å². The molecule has 1 amide bonds. The van der Waals surface area contributed by atoms with E-state index in [0.717, 1.165) is 25.9 Å². The van der Waals surface area contributed by atoms with Gasteiger partial charge in [-0.3, -0.25) is 4.79 Å². The van der Waals surface area contributed by atoms with E-state index in [2.05, 4.69) is 10.6 Å². The van der Waals surface area contributed by atoms with Crippen LogP contribution in [-0.2, 0) is 4.79 Å². The molecular weight excluding hydrogens is 236 g/mol. The molecule has 1 heterocycles. The molecule has 0 aliphatic carbocycles. The molecule has 1 saturated heterocycles. The van der Waals surface area contributed by atoms with Gasteiger partial charge in [-0.1, -0.05) is 13.8 Å². The lowest BCUT2D eigenvalue weighted by atomic mass is 9.95. The number of rotatable bonds is 6. The zero-order valence-corrected chi connectivity index (χ0v) is 11.6. The first-order chi connectivity index (χ1) is 8.03. The molecule has 0 unspecified atom stereocenters. The zero-order chi connectivity index (χ0) is 12.7. The van der Waals surface area contributed by atoms with Gasteiger partial charge in [-0.2, -0.15) is 0 Å². The topological polar surface area (TPSA) is 61.4 Å². The standard InChI is InChI=1S/C12H24N2O2S/c1-12(2,9-15)8-14-11(16)7-17-10-3-5-13-6-4-10/h10,13,15H,3-9H2,1-2H3,(H,14,16). The number of aliphatic hydroxyl groups excluding tert-OH is 1. The molecule has 100 valence electrons. The largest absolute Gasteiger partial charge is 0.396 e. The van der Waals surface area contributed by atoms with E-state index in [9.17, 15) is 4.79 Å². The number of thioether (sulfide) groups is 1. The van der Waals surface area contributed by atoms with Crippen LogP contribution in [0.15, 0.2) is 0 Å². The first-order valence-electron chi connectivity index (χ1n) is 6.23. The van der Waals surface area contributed by atoms with Crippen molar-refractivity contribution < 1.29 is 9.90 Å². The lowest BCUT2D eigenvalue weighted by Crippen LogP contribution is -2.37. The van der Waals surface area contributed by atoms with Gasteiger partial charge in [-0.15, -0.1) is 11.8 Å². The number of piperidine rings is 1. The molecular formula is C12H24N2O2S. The average molecular weight is 260 g/mol. The molecule has 0 radical (unpaired) electrons. The van der Waals surface area contributed by atoms with Gasteiger partial charge in [0.15, 0.2) is 0 Å². The number of carbonyl (C=O) groups is 1. The average Bonchev–Trinajstić information content (AvgIpc) is 2.35. The summed E-state index contributed by atoms with van der Waals surface area (Å²) in [4.78, 5) is 11.6. The minimum Gasteiger partial charge on any atom is -0.396 e. The second-order valence-corrected chi connectivity index (χ2v) is 6.65. The van der Waals surface area contributed by atoms with Crippen molar-refractivity contribution in [3.63, 3.8) is 0 Å². The van der Waals surface area contributed by atoms with E-state index in [1.54, 1.807) is 11.8 Å². The number of carbonyl (C=O) groups excluding carboxylic acids is 1. The van der Waals surface area contributed by atoms with E-state index in [1.807, 2.05) is 13.8 Å². The molecule has 0 aromatic carbocycles. The maximum absolute atomic E-state index is 11.6. The van der Waals surface area contributed by atoms with Gasteiger partial charge in [0, 0.05) is 23.8 Å². The van der Waals surface area contributed by atoms with Crippen molar-refractivity contribution >= 4 is 17.7 Å². The fourth-order valence-electron chi connectivity index (χ4n) is 1.60. The lowest BCUT2D eigenvalue weighted by molar-refractivity contribution is -0.119. The van der Waals surface area contributed by atoms with Crippen LogP contribution in [0.2, 0.25) is 0 Å². The number of aliphatic hydroxyl groups is 1. The Morgan fingerprint density at radius 3 is 2.71 bits per heavy atom. The Kier molecular flexibility index (Phi) is 6.30. The number of amides is 1. The molecule has 4 nitrogen and oxygen atoms in total. The van der Waals surface area contributed by atoms with Crippen molar-refractivity contribution in [1.29, 1.82) is 0 Å². The summed E-state index contributed by atoms with van der Waals surface area (Å²) in [7, 11) is 0. The maximum atomic E-state index is 11.6. The van der Waals surface area contributed by atoms with Crippen molar-refractivity contribution in [2.45, 2.75) is 31.9 Å². The van der Waals surface area contributed by atoms with Crippen LogP contribution in [0.4, 0.5) is 0 Å². The predicted molar refractivity (Wildman–Crippen MR) is 72.2 cm³/mol. The summed E-state index contributed by atoms with van der Waals surface area (Å²) in [5.74, 6) is 0.613. The highest BCUT2D eigenvalue weighted by Crippen LogP contribution is 2.19. The van der Waals surface area contributed by atoms with Crippen LogP contribution < -0.4 is 10.6 Å². The molecule has 5 heteroatoms. The highest BCUT2D eigenvalue weighted by Gasteiger charge is 2.18. The van der Waals surface area contributed by atoms with Gasteiger partial charge in [0.2, 0.25) is 5.91 Å². The summed E-state index contributed by atoms with van der Waals surface area (Å²) in [5, 5.41) is 15.9. The second kappa shape index (κ2) is 7.24. The Hall–Kier alpha value is -0.260. The monoisotopic (exact) mass is 260 g/mol. The van der Waals surface area contributed by atoms with Crippen molar-refractivity contribution in [1.82, 2.24) is 10.6 Å². The minimum absolute atomic E-state index is 0.0788. The number of hydrogen-bond acceptors (Lipinski definition) is 4. The summed E-state index contributed by atoms with van der Waals surface area (Å²) in [6.07, 6.45) is 2.31. The molecule has 0 aromatic heterocycles. The zero-order valence-electron chi connectivity index (χ0n) is 10.8. The third-order valence-corrected chi connectivity index (χ3v) is 4.30. The van der Waals surface area contributed by atoms with E-state index in [0.29, 0.717) is 17.5 Å². The van der Waals surface area contributed by atoms with Crippen LogP contribution in [0.3, 0.4) is 0 Å². The summed E-state index contributed by atoms with van der Waals surface area (Å²) in [6, 6.07) is 0. The summed E-state index contributed by atoms with van der Waals surface area (Å²) in [5.41, 5.74) is -0.227. The first-order valence-corrected chi connectivity index (χ1v) is 7.28. The predicted octanol–water partition coefficient (Wildman–Crippen LogP) is 0.606. The SMILES string of the molecule is CC(C)(CO)CNC(=O)CSC1CCNCC1. The van der Waals surface area contributed by atoms with Gasteiger partial charge >= 0.3 is 0 Å². The Morgan fingerprint density at radius 1 is 1.47 bits per heavy atom. The van der Waals surface area contributed by atoms with Crippen LogP contribution in [0, 0.1) is 5.41 Å². The smallest absolute Gasteiger partial charge is 0.230 e. The third kappa shape index (κ3) is 6.29. The molecule has 0 aromatic rings. The molecule has 1 aliphatic rings. The summed E-state index contributed by atoms with van der Waals surface area (Å²) >= 11 is 1.75. The fourth-order valence-corrected chi connectivity index (χ4v) is 2.66. The van der Waals surface area contributed by atoms with Crippen LogP contribution in [0.25, 0.3) is 0 Å². The normalized spacial score (nSPS) is 18.1. The highest BCUT2D eigenvalue weighted by atomic mass is 32.2. The molecule has 0 spiro atoms. The quantitative estimate of drug-likeness (QED) is 0.655. The van der Waals surface area contributed by atoms with E-state index < -0.39 is 0 Å². The molecule has 0 bridgehead atoms. The van der Waals surface area contributed by atoms with Crippen LogP contribution in [-0.4, -0.2) is 48.3 Å². The molecule has 1 rings (SSSR count). The molecule has 1 fully saturated rings. The van der Waals surface area contributed by atoms with Gasteiger partial charge in [0.25, 0.3) is 0 Å². The van der Waals surface area contributed by atoms with Gasteiger partial charge in [-0.25, -0.2) is 0 Å². The highest BCUT2D eigenvalue weighted by molar-refractivity contribution is 8.00. The minimum atomic E-state index is -0.227. The van der Waals surface area contributed by atoms with Crippen molar-refractivity contribution in [2.24, 2.45) is 5.41 Å². The summed E-state index contributed by atoms with van der Waals surface area (Å²) in [6.45, 7) is 6.64. The molecule has 3 N–H and O–H groups in total. The lowest BCUT2D eigenvalue weighted by Gasteiger charge is -2.23. The summed E-state index contributed by atoms with van der Waals surface area (Å²) < 4.78 is 0. The van der Waals surface area contributed by atoms with Crippen molar-refractivity contribution in [3.05, 3.63) is 0 Å². The van der Waals surface area contributed by atoms with Crippen molar-refractivity contribution in [2.75, 3.05) is 32.0 Å². The van der Waals surface area contributed by atoms with Gasteiger partial charge in [0.1, 0.15) is 0 Å². The Labute approximate surface area is 108 Å². The maximum Gasteiger partial charge on any atom is 0.230 e. The Morgan fingerprint density at radius 2 is 2.12 bits per heavy atom. The third-order valence-electron chi connectivity index (χ3n) is 2.93. The Balaban J connectivity index is 2.12. The molecule has 17 heavy (non-hydrogen) atoms. The van der Waals surface area contributed by atoms with E-state index in [4.69, 9.17) is 5.11 Å².